The molecule has 0 aromatic carbocycles. The average Bonchev–Trinajstić information content (AvgIpc) is 2.07. The third-order valence-corrected chi connectivity index (χ3v) is 0.744. The van der Waals surface area contributed by atoms with E-state index >= 15 is 0 Å². The van der Waals surface area contributed by atoms with Gasteiger partial charge in [0.15, 0.2) is 6.61 Å². The van der Waals surface area contributed by atoms with E-state index in [1.807, 2.05) is 0 Å². The number of alkyl halides is 1. The van der Waals surface area contributed by atoms with Crippen molar-refractivity contribution in [2.24, 2.45) is 0 Å². The summed E-state index contributed by atoms with van der Waals surface area (Å²) in [6, 6.07) is 0. The summed E-state index contributed by atoms with van der Waals surface area (Å²) < 4.78 is 20.4. The molecule has 1 fully saturated rings. The summed E-state index contributed by atoms with van der Waals surface area (Å²) >= 11 is 0. The zero-order chi connectivity index (χ0) is 9.78. The van der Waals surface area contributed by atoms with Crippen LogP contribution in [0.25, 0.3) is 0 Å². The van der Waals surface area contributed by atoms with Crippen molar-refractivity contribution in [1.29, 1.82) is 0 Å². The van der Waals surface area contributed by atoms with E-state index in [1.165, 1.54) is 0 Å². The molecule has 0 aliphatic carbocycles. The Bertz CT molecular complexity index is 184. The first kappa shape index (κ1) is 10.5. The van der Waals surface area contributed by atoms with Crippen LogP contribution in [0, 0.1) is 0 Å². The molecule has 0 aromatic rings. The van der Waals surface area contributed by atoms with Gasteiger partial charge >= 0.3 is 12.3 Å². The normalized spacial score (nSPS) is 26.3. The maximum Gasteiger partial charge on any atom is 0.511 e. The number of rotatable bonds is 0. The number of hydrogen-bond acceptors (Lipinski definition) is 4. The molecule has 0 saturated carbocycles. The number of halogens is 1. The lowest BCUT2D eigenvalue weighted by Gasteiger charge is -2.04. The zero-order valence-corrected chi connectivity index (χ0v) is 6.11. The van der Waals surface area contributed by atoms with E-state index < -0.39 is 18.2 Å². The number of carbonyl (C=O) groups is 2. The van der Waals surface area contributed by atoms with Crippen molar-refractivity contribution in [2.45, 2.75) is 12.8 Å². The van der Waals surface area contributed by atoms with Crippen LogP contribution in [0.1, 0.15) is 6.92 Å². The number of carbonyl (C=O) groups excluding carboxylic acids is 1. The lowest BCUT2D eigenvalue weighted by Crippen LogP contribution is -2.19. The lowest BCUT2D eigenvalue weighted by atomic mass is 10.4. The molecular weight excluding hydrogens is 175 g/mol. The Morgan fingerprint density at radius 3 is 2.17 bits per heavy atom. The Balaban J connectivity index is 0.000000261. The number of hydrogen-bond donors (Lipinski definition) is 2. The predicted octanol–water partition coefficient (Wildman–Crippen LogP) is 1.06. The van der Waals surface area contributed by atoms with Gasteiger partial charge in [-0.2, -0.15) is 4.39 Å². The largest absolute Gasteiger partial charge is 0.511 e. The Morgan fingerprint density at radius 2 is 2.08 bits per heavy atom. The van der Waals surface area contributed by atoms with E-state index in [9.17, 15) is 9.18 Å². The Morgan fingerprint density at radius 1 is 1.67 bits per heavy atom. The monoisotopic (exact) mass is 182 g/mol. The second-order valence-corrected chi connectivity index (χ2v) is 2.03. The summed E-state index contributed by atoms with van der Waals surface area (Å²) in [7, 11) is 0. The molecule has 1 aliphatic rings. The molecular formula is C5H7FO6. The first-order chi connectivity index (χ1) is 5.33. The minimum absolute atomic E-state index is 0.300. The van der Waals surface area contributed by atoms with Crippen LogP contribution in [-0.4, -0.2) is 35.0 Å². The average molecular weight is 182 g/mol. The van der Waals surface area contributed by atoms with Gasteiger partial charge in [-0.25, -0.2) is 9.59 Å². The summed E-state index contributed by atoms with van der Waals surface area (Å²) in [5, 5.41) is 13.9. The molecule has 0 radical (unpaired) electrons. The minimum atomic E-state index is -1.91. The van der Waals surface area contributed by atoms with Crippen molar-refractivity contribution in [3.05, 3.63) is 0 Å². The molecule has 2 N–H and O–H groups in total. The van der Waals surface area contributed by atoms with Crippen LogP contribution in [0.15, 0.2) is 0 Å². The second kappa shape index (κ2) is 3.74. The quantitative estimate of drug-likeness (QED) is 0.544. The molecule has 0 bridgehead atoms. The standard InChI is InChI=1S/C4H5FO3.CH2O3/c1-4(5)2-7-3(6)8-4;2-1(3)4/h2H2,1H3;(H2,2,3,4). The SMILES string of the molecule is CC1(F)COC(=O)O1.O=C(O)O. The van der Waals surface area contributed by atoms with Gasteiger partial charge in [0.25, 0.3) is 5.85 Å². The third-order valence-electron chi connectivity index (χ3n) is 0.744. The summed E-state index contributed by atoms with van der Waals surface area (Å²) in [5.74, 6) is -1.91. The van der Waals surface area contributed by atoms with Gasteiger partial charge in [0.2, 0.25) is 0 Å². The highest BCUT2D eigenvalue weighted by atomic mass is 19.2. The molecule has 1 aliphatic heterocycles. The van der Waals surface area contributed by atoms with Crippen molar-refractivity contribution in [1.82, 2.24) is 0 Å². The number of cyclic esters (lactones) is 2. The minimum Gasteiger partial charge on any atom is -0.450 e. The first-order valence-electron chi connectivity index (χ1n) is 2.80. The highest BCUT2D eigenvalue weighted by Crippen LogP contribution is 2.19. The van der Waals surface area contributed by atoms with E-state index in [-0.39, 0.29) is 6.61 Å². The van der Waals surface area contributed by atoms with Crippen LogP contribution >= 0.6 is 0 Å². The molecule has 6 nitrogen and oxygen atoms in total. The van der Waals surface area contributed by atoms with Crippen molar-refractivity contribution >= 4 is 12.3 Å². The molecule has 1 atom stereocenters. The summed E-state index contributed by atoms with van der Waals surface area (Å²) in [6.45, 7) is 0.837. The molecule has 1 unspecified atom stereocenters. The molecule has 1 heterocycles. The van der Waals surface area contributed by atoms with Crippen LogP contribution in [0.2, 0.25) is 0 Å². The third kappa shape index (κ3) is 5.27. The van der Waals surface area contributed by atoms with Crippen molar-refractivity contribution < 1.29 is 33.7 Å². The summed E-state index contributed by atoms with van der Waals surface area (Å²) in [6.07, 6.45) is -2.77. The van der Waals surface area contributed by atoms with Gasteiger partial charge in [0, 0.05) is 6.92 Å². The van der Waals surface area contributed by atoms with Gasteiger partial charge in [-0.05, 0) is 0 Å². The van der Waals surface area contributed by atoms with Crippen LogP contribution in [-0.2, 0) is 9.47 Å². The Labute approximate surface area is 66.5 Å². The maximum atomic E-state index is 12.3. The smallest absolute Gasteiger partial charge is 0.450 e. The molecule has 7 heteroatoms. The van der Waals surface area contributed by atoms with Crippen molar-refractivity contribution in [2.75, 3.05) is 6.61 Å². The molecule has 70 valence electrons. The van der Waals surface area contributed by atoms with Gasteiger partial charge in [-0.3, -0.25) is 0 Å². The topological polar surface area (TPSA) is 93.1 Å². The molecule has 1 rings (SSSR count). The van der Waals surface area contributed by atoms with E-state index in [0.717, 1.165) is 6.92 Å². The maximum absolute atomic E-state index is 12.3. The predicted molar refractivity (Wildman–Crippen MR) is 32.6 cm³/mol. The second-order valence-electron chi connectivity index (χ2n) is 2.03. The summed E-state index contributed by atoms with van der Waals surface area (Å²) in [4.78, 5) is 18.5. The van der Waals surface area contributed by atoms with Crippen LogP contribution in [0.5, 0.6) is 0 Å². The van der Waals surface area contributed by atoms with E-state index in [2.05, 4.69) is 9.47 Å². The van der Waals surface area contributed by atoms with Crippen LogP contribution in [0.4, 0.5) is 14.0 Å². The van der Waals surface area contributed by atoms with Gasteiger partial charge < -0.3 is 19.7 Å². The highest BCUT2D eigenvalue weighted by Gasteiger charge is 2.37. The van der Waals surface area contributed by atoms with Crippen molar-refractivity contribution in [3.8, 4) is 0 Å². The van der Waals surface area contributed by atoms with E-state index in [0.29, 0.717) is 0 Å². The fourth-order valence-corrected chi connectivity index (χ4v) is 0.421. The van der Waals surface area contributed by atoms with Gasteiger partial charge in [-0.1, -0.05) is 0 Å². The fraction of sp³-hybridized carbons (Fsp3) is 0.600. The van der Waals surface area contributed by atoms with Crippen LogP contribution < -0.4 is 0 Å². The van der Waals surface area contributed by atoms with Gasteiger partial charge in [0.05, 0.1) is 0 Å². The van der Waals surface area contributed by atoms with Crippen molar-refractivity contribution in [3.63, 3.8) is 0 Å². The molecule has 1 saturated heterocycles. The van der Waals surface area contributed by atoms with E-state index in [1.54, 1.807) is 0 Å². The molecule has 0 aromatic heterocycles. The first-order valence-corrected chi connectivity index (χ1v) is 2.80. The lowest BCUT2D eigenvalue weighted by molar-refractivity contribution is -0.0419. The zero-order valence-electron chi connectivity index (χ0n) is 6.11. The molecule has 12 heavy (non-hydrogen) atoms. The van der Waals surface area contributed by atoms with Gasteiger partial charge in [-0.15, -0.1) is 0 Å². The molecule has 0 spiro atoms. The highest BCUT2D eigenvalue weighted by molar-refractivity contribution is 5.62. The fourth-order valence-electron chi connectivity index (χ4n) is 0.421. The van der Waals surface area contributed by atoms with Crippen LogP contribution in [0.3, 0.4) is 0 Å². The number of carboxylic acid groups (broad SMARTS) is 2. The Hall–Kier alpha value is -1.53. The Kier molecular flexibility index (Phi) is 3.27. The number of ether oxygens (including phenoxy) is 2. The summed E-state index contributed by atoms with van der Waals surface area (Å²) in [5.41, 5.74) is 0. The van der Waals surface area contributed by atoms with Gasteiger partial charge in [0.1, 0.15) is 0 Å². The van der Waals surface area contributed by atoms with E-state index in [4.69, 9.17) is 15.0 Å². The molecule has 0 amide bonds.